The maximum Gasteiger partial charge on any atom is 0.191 e. The van der Waals surface area contributed by atoms with Gasteiger partial charge >= 0.3 is 0 Å². The maximum atomic E-state index is 6.48. The Morgan fingerprint density at radius 3 is 2.83 bits per heavy atom. The van der Waals surface area contributed by atoms with E-state index in [2.05, 4.69) is 51.4 Å². The Morgan fingerprint density at radius 1 is 1.31 bits per heavy atom. The van der Waals surface area contributed by atoms with Crippen molar-refractivity contribution in [2.75, 3.05) is 13.1 Å². The molecule has 29 heavy (non-hydrogen) atoms. The molecule has 1 saturated carbocycles. The fraction of sp³-hybridized carbons (Fsp3) is 0.545. The summed E-state index contributed by atoms with van der Waals surface area (Å²) in [6, 6.07) is 8.66. The lowest BCUT2D eigenvalue weighted by atomic mass is 9.86. The molecule has 0 saturated heterocycles. The van der Waals surface area contributed by atoms with Crippen LogP contribution in [0.3, 0.4) is 0 Å². The topological polar surface area (TPSA) is 63.5 Å². The van der Waals surface area contributed by atoms with Crippen molar-refractivity contribution in [3.8, 4) is 5.75 Å². The Kier molecular flexibility index (Phi) is 7.43. The van der Waals surface area contributed by atoms with Gasteiger partial charge in [-0.25, -0.2) is 4.98 Å². The van der Waals surface area contributed by atoms with Crippen LogP contribution in [0.1, 0.15) is 56.5 Å². The molecule has 0 amide bonds. The monoisotopic (exact) mass is 509 g/mol. The lowest BCUT2D eigenvalue weighted by molar-refractivity contribution is 0.0396. The quantitative estimate of drug-likeness (QED) is 0.361. The number of para-hydroxylation sites is 1. The van der Waals surface area contributed by atoms with Crippen LogP contribution in [0.5, 0.6) is 5.75 Å². The zero-order chi connectivity index (χ0) is 19.4. The smallest absolute Gasteiger partial charge is 0.191 e. The van der Waals surface area contributed by atoms with Gasteiger partial charge in [0.05, 0.1) is 12.6 Å². The lowest BCUT2D eigenvalue weighted by Gasteiger charge is -2.40. The predicted octanol–water partition coefficient (Wildman–Crippen LogP) is 4.20. The van der Waals surface area contributed by atoms with Crippen molar-refractivity contribution in [3.63, 3.8) is 0 Å². The van der Waals surface area contributed by atoms with Gasteiger partial charge < -0.3 is 19.9 Å². The van der Waals surface area contributed by atoms with Gasteiger partial charge in [0.25, 0.3) is 0 Å². The minimum absolute atomic E-state index is 0. The van der Waals surface area contributed by atoms with Gasteiger partial charge in [0.15, 0.2) is 5.96 Å². The molecule has 2 aliphatic rings. The minimum Gasteiger partial charge on any atom is -0.487 e. The first kappa shape index (κ1) is 21.9. The second-order valence-electron chi connectivity index (χ2n) is 7.86. The van der Waals surface area contributed by atoms with Crippen LogP contribution in [0.4, 0.5) is 0 Å². The largest absolute Gasteiger partial charge is 0.487 e. The average Bonchev–Trinajstić information content (AvgIpc) is 3.31. The Morgan fingerprint density at radius 2 is 2.10 bits per heavy atom. The highest BCUT2D eigenvalue weighted by atomic mass is 127. The van der Waals surface area contributed by atoms with Gasteiger partial charge in [-0.05, 0) is 45.6 Å². The number of guanidine groups is 1. The highest BCUT2D eigenvalue weighted by Crippen LogP contribution is 2.46. The van der Waals surface area contributed by atoms with Crippen molar-refractivity contribution in [3.05, 3.63) is 48.0 Å². The van der Waals surface area contributed by atoms with Crippen LogP contribution in [0.15, 0.2) is 41.7 Å². The molecule has 1 aliphatic heterocycles. The summed E-state index contributed by atoms with van der Waals surface area (Å²) in [5.74, 6) is 2.92. The molecule has 4 rings (SSSR count). The van der Waals surface area contributed by atoms with Gasteiger partial charge in [0, 0.05) is 37.5 Å². The van der Waals surface area contributed by atoms with E-state index in [1.165, 1.54) is 18.4 Å². The van der Waals surface area contributed by atoms with E-state index >= 15 is 0 Å². The van der Waals surface area contributed by atoms with Gasteiger partial charge in [-0.2, -0.15) is 0 Å². The number of aliphatic imine (C=N–C) groups is 1. The molecule has 0 radical (unpaired) electrons. The summed E-state index contributed by atoms with van der Waals surface area (Å²) >= 11 is 0. The number of imidazole rings is 1. The SMILES string of the molecule is CCNC(=NCCn1ccnc1C)NC1CC2(CCCC2)Oc2ccccc21.I. The fourth-order valence-electron chi connectivity index (χ4n) is 4.47. The third-order valence-electron chi connectivity index (χ3n) is 5.90. The number of nitrogens with zero attached hydrogens (tertiary/aromatic N) is 3. The van der Waals surface area contributed by atoms with Gasteiger partial charge in [-0.3, -0.25) is 4.99 Å². The summed E-state index contributed by atoms with van der Waals surface area (Å²) in [5.41, 5.74) is 1.22. The molecular weight excluding hydrogens is 477 g/mol. The predicted molar refractivity (Wildman–Crippen MR) is 127 cm³/mol. The number of benzene rings is 1. The van der Waals surface area contributed by atoms with E-state index in [4.69, 9.17) is 9.73 Å². The van der Waals surface area contributed by atoms with Crippen LogP contribution in [0, 0.1) is 6.92 Å². The molecule has 1 aromatic carbocycles. The van der Waals surface area contributed by atoms with Crippen molar-refractivity contribution in [1.82, 2.24) is 20.2 Å². The first-order valence-electron chi connectivity index (χ1n) is 10.5. The van der Waals surface area contributed by atoms with Crippen LogP contribution in [-0.2, 0) is 6.54 Å². The van der Waals surface area contributed by atoms with Crippen molar-refractivity contribution in [2.24, 2.45) is 4.99 Å². The Bertz CT molecular complexity index is 828. The maximum absolute atomic E-state index is 6.48. The molecule has 1 unspecified atom stereocenters. The van der Waals surface area contributed by atoms with E-state index in [1.807, 2.05) is 19.3 Å². The van der Waals surface area contributed by atoms with Crippen LogP contribution < -0.4 is 15.4 Å². The highest BCUT2D eigenvalue weighted by Gasteiger charge is 2.43. The molecule has 6 nitrogen and oxygen atoms in total. The number of nitrogens with one attached hydrogen (secondary N) is 2. The Balaban J connectivity index is 0.00000240. The van der Waals surface area contributed by atoms with Crippen molar-refractivity contribution < 1.29 is 4.74 Å². The van der Waals surface area contributed by atoms with Crippen molar-refractivity contribution in [1.29, 1.82) is 0 Å². The van der Waals surface area contributed by atoms with Crippen molar-refractivity contribution in [2.45, 2.75) is 64.1 Å². The molecule has 1 aliphatic carbocycles. The average molecular weight is 509 g/mol. The molecule has 2 aromatic rings. The molecular formula is C22H32IN5O. The number of aromatic nitrogens is 2. The number of hydrogen-bond acceptors (Lipinski definition) is 3. The normalized spacial score (nSPS) is 19.9. The zero-order valence-electron chi connectivity index (χ0n) is 17.4. The first-order valence-corrected chi connectivity index (χ1v) is 10.5. The van der Waals surface area contributed by atoms with Gasteiger partial charge in [-0.15, -0.1) is 24.0 Å². The lowest BCUT2D eigenvalue weighted by Crippen LogP contribution is -2.46. The Labute approximate surface area is 190 Å². The second kappa shape index (κ2) is 9.82. The van der Waals surface area contributed by atoms with E-state index in [9.17, 15) is 0 Å². The van der Waals surface area contributed by atoms with E-state index in [1.54, 1.807) is 0 Å². The van der Waals surface area contributed by atoms with Crippen LogP contribution in [0.25, 0.3) is 0 Å². The van der Waals surface area contributed by atoms with Crippen LogP contribution in [0.2, 0.25) is 0 Å². The van der Waals surface area contributed by atoms with E-state index in [-0.39, 0.29) is 35.6 Å². The zero-order valence-corrected chi connectivity index (χ0v) is 19.7. The fourth-order valence-corrected chi connectivity index (χ4v) is 4.47. The van der Waals surface area contributed by atoms with Crippen LogP contribution >= 0.6 is 24.0 Å². The summed E-state index contributed by atoms with van der Waals surface area (Å²) < 4.78 is 8.61. The molecule has 1 aromatic heterocycles. The summed E-state index contributed by atoms with van der Waals surface area (Å²) in [5, 5.41) is 7.10. The second-order valence-corrected chi connectivity index (χ2v) is 7.86. The summed E-state index contributed by atoms with van der Waals surface area (Å²) in [6.07, 6.45) is 9.64. The first-order chi connectivity index (χ1) is 13.7. The van der Waals surface area contributed by atoms with E-state index in [0.29, 0.717) is 6.54 Å². The number of aryl methyl sites for hydroxylation is 1. The molecule has 1 fully saturated rings. The molecule has 7 heteroatoms. The Hall–Kier alpha value is -1.77. The number of ether oxygens (including phenoxy) is 1. The number of halogens is 1. The minimum atomic E-state index is -0.0166. The molecule has 2 N–H and O–H groups in total. The summed E-state index contributed by atoms with van der Waals surface area (Å²) in [4.78, 5) is 9.10. The third kappa shape index (κ3) is 5.05. The molecule has 1 atom stereocenters. The van der Waals surface area contributed by atoms with Crippen LogP contribution in [-0.4, -0.2) is 34.2 Å². The third-order valence-corrected chi connectivity index (χ3v) is 5.90. The number of fused-ring (bicyclic) bond motifs is 1. The molecule has 158 valence electrons. The van der Waals surface area contributed by atoms with E-state index in [0.717, 1.165) is 49.9 Å². The summed E-state index contributed by atoms with van der Waals surface area (Å²) in [6.45, 7) is 6.51. The van der Waals surface area contributed by atoms with Crippen molar-refractivity contribution >= 4 is 29.9 Å². The van der Waals surface area contributed by atoms with Gasteiger partial charge in [-0.1, -0.05) is 18.2 Å². The molecule has 2 heterocycles. The number of hydrogen-bond donors (Lipinski definition) is 2. The standard InChI is InChI=1S/C22H31N5O.HI/c1-3-23-21(25-13-15-27-14-12-24-17(27)2)26-19-16-22(10-6-7-11-22)28-20-9-5-4-8-18(19)20;/h4-5,8-9,12,14,19H,3,6-7,10-11,13,15-16H2,1-2H3,(H2,23,25,26);1H. The molecule has 1 spiro atoms. The van der Waals surface area contributed by atoms with E-state index < -0.39 is 0 Å². The summed E-state index contributed by atoms with van der Waals surface area (Å²) in [7, 11) is 0. The highest BCUT2D eigenvalue weighted by molar-refractivity contribution is 14.0. The molecule has 0 bridgehead atoms. The van der Waals surface area contributed by atoms with Gasteiger partial charge in [0.1, 0.15) is 17.2 Å². The number of rotatable bonds is 5. The van der Waals surface area contributed by atoms with Gasteiger partial charge in [0.2, 0.25) is 0 Å².